The summed E-state index contributed by atoms with van der Waals surface area (Å²) in [4.78, 5) is 28.1. The molecule has 0 bridgehead atoms. The minimum Gasteiger partial charge on any atom is -0.427 e. The zero-order chi connectivity index (χ0) is 20.3. The summed E-state index contributed by atoms with van der Waals surface area (Å²) < 4.78 is 20.4. The van der Waals surface area contributed by atoms with Crippen LogP contribution in [0, 0.1) is 21.8 Å². The van der Waals surface area contributed by atoms with Gasteiger partial charge in [-0.25, -0.2) is 14.2 Å². The van der Waals surface area contributed by atoms with Crippen molar-refractivity contribution in [2.75, 3.05) is 6.54 Å². The zero-order valence-electron chi connectivity index (χ0n) is 15.7. The van der Waals surface area contributed by atoms with Crippen molar-refractivity contribution in [1.29, 1.82) is 0 Å². The number of esters is 1. The first-order chi connectivity index (χ1) is 13.3. The molecule has 2 atom stereocenters. The molecule has 6 nitrogen and oxygen atoms in total. The molecule has 0 saturated heterocycles. The van der Waals surface area contributed by atoms with Gasteiger partial charge in [-0.15, -0.1) is 0 Å². The monoisotopic (exact) mass is 384 g/mol. The Morgan fingerprint density at radius 1 is 1.14 bits per heavy atom. The van der Waals surface area contributed by atoms with Crippen molar-refractivity contribution in [3.63, 3.8) is 0 Å². The molecule has 2 aromatic rings. The number of ether oxygens (including phenoxy) is 1. The lowest BCUT2D eigenvalue weighted by molar-refractivity contribution is -0.487. The minimum atomic E-state index is -1.82. The van der Waals surface area contributed by atoms with E-state index in [0.29, 0.717) is 12.0 Å². The van der Waals surface area contributed by atoms with Gasteiger partial charge in [0, 0.05) is 4.92 Å². The second kappa shape index (κ2) is 7.88. The largest absolute Gasteiger partial charge is 0.427 e. The third-order valence-corrected chi connectivity index (χ3v) is 4.65. The summed E-state index contributed by atoms with van der Waals surface area (Å²) in [5.41, 5.74) is -1.09. The molecule has 0 radical (unpaired) electrons. The maximum absolute atomic E-state index is 14.8. The maximum atomic E-state index is 14.8. The number of halogens is 1. The van der Waals surface area contributed by atoms with Gasteiger partial charge in [0.05, 0.1) is 5.56 Å². The smallest absolute Gasteiger partial charge is 0.354 e. The van der Waals surface area contributed by atoms with Gasteiger partial charge in [-0.2, -0.15) is 0 Å². The molecule has 7 heteroatoms. The van der Waals surface area contributed by atoms with Crippen LogP contribution in [0.25, 0.3) is 0 Å². The Morgan fingerprint density at radius 3 is 2.39 bits per heavy atom. The average Bonchev–Trinajstić information content (AvgIpc) is 2.97. The highest BCUT2D eigenvalue weighted by atomic mass is 19.1. The number of carbonyl (C=O) groups excluding carboxylic acids is 1. The van der Waals surface area contributed by atoms with Crippen LogP contribution in [0.3, 0.4) is 0 Å². The minimum absolute atomic E-state index is 0.0119. The predicted octanol–water partition coefficient (Wildman–Crippen LogP) is 4.08. The Morgan fingerprint density at radius 2 is 1.79 bits per heavy atom. The van der Waals surface area contributed by atoms with E-state index in [1.807, 2.05) is 13.8 Å². The van der Waals surface area contributed by atoms with E-state index in [4.69, 9.17) is 4.74 Å². The van der Waals surface area contributed by atoms with Crippen LogP contribution in [-0.2, 0) is 15.3 Å². The van der Waals surface area contributed by atoms with E-state index in [1.165, 1.54) is 18.2 Å². The van der Waals surface area contributed by atoms with Crippen LogP contribution in [0.5, 0.6) is 0 Å². The van der Waals surface area contributed by atoms with Crippen molar-refractivity contribution < 1.29 is 18.8 Å². The van der Waals surface area contributed by atoms with E-state index in [2.05, 4.69) is 4.99 Å². The SMILES string of the molecule is CC(C)CC1=N[C@](c2ccccc2F)([C@@H](C[N+](=O)[O-])c2ccccc2)OC1=O. The first kappa shape index (κ1) is 19.7. The van der Waals surface area contributed by atoms with Gasteiger partial charge < -0.3 is 4.74 Å². The highest BCUT2D eigenvalue weighted by Crippen LogP contribution is 2.46. The number of nitro groups is 1. The summed E-state index contributed by atoms with van der Waals surface area (Å²) in [5.74, 6) is -2.15. The Kier molecular flexibility index (Phi) is 5.53. The first-order valence-electron chi connectivity index (χ1n) is 9.07. The fraction of sp³-hybridized carbons (Fsp3) is 0.333. The van der Waals surface area contributed by atoms with E-state index in [1.54, 1.807) is 36.4 Å². The number of benzene rings is 2. The molecule has 2 aromatic carbocycles. The Balaban J connectivity index is 2.24. The Labute approximate surface area is 162 Å². The van der Waals surface area contributed by atoms with Crippen LogP contribution >= 0.6 is 0 Å². The number of rotatable bonds is 7. The number of nitrogens with zero attached hydrogens (tertiary/aromatic N) is 2. The second-order valence-electron chi connectivity index (χ2n) is 7.20. The lowest BCUT2D eigenvalue weighted by Gasteiger charge is -2.32. The highest BCUT2D eigenvalue weighted by molar-refractivity contribution is 6.37. The van der Waals surface area contributed by atoms with Crippen LogP contribution < -0.4 is 0 Å². The number of hydrogen-bond acceptors (Lipinski definition) is 5. The van der Waals surface area contributed by atoms with Crippen LogP contribution in [-0.4, -0.2) is 23.1 Å². The molecule has 0 aromatic heterocycles. The van der Waals surface area contributed by atoms with E-state index in [0.717, 1.165) is 0 Å². The first-order valence-corrected chi connectivity index (χ1v) is 9.07. The summed E-state index contributed by atoms with van der Waals surface area (Å²) in [5, 5.41) is 11.5. The fourth-order valence-corrected chi connectivity index (χ4v) is 3.48. The van der Waals surface area contributed by atoms with E-state index in [-0.39, 0.29) is 17.2 Å². The standard InChI is InChI=1S/C21H21FN2O4/c1-14(2)12-19-20(25)28-21(23-19,16-10-6-7-11-18(16)22)17(13-24(26)27)15-8-4-3-5-9-15/h3-11,14,17H,12-13H2,1-2H3/t17-,21-/m0/s1. The molecule has 3 rings (SSSR count). The van der Waals surface area contributed by atoms with Crippen molar-refractivity contribution in [2.45, 2.75) is 31.9 Å². The quantitative estimate of drug-likeness (QED) is 0.409. The normalized spacial score (nSPS) is 20.0. The molecule has 0 N–H and O–H groups in total. The van der Waals surface area contributed by atoms with Gasteiger partial charge in [0.25, 0.3) is 0 Å². The molecule has 0 fully saturated rings. The van der Waals surface area contributed by atoms with E-state index in [9.17, 15) is 19.3 Å². The molecule has 1 aliphatic rings. The summed E-state index contributed by atoms with van der Waals surface area (Å²) in [7, 11) is 0. The zero-order valence-corrected chi connectivity index (χ0v) is 15.7. The van der Waals surface area contributed by atoms with Gasteiger partial charge in [0.2, 0.25) is 12.3 Å². The summed E-state index contributed by atoms with van der Waals surface area (Å²) in [6.07, 6.45) is 0.342. The molecule has 0 saturated carbocycles. The molecular weight excluding hydrogens is 363 g/mol. The van der Waals surface area contributed by atoms with Crippen LogP contribution in [0.2, 0.25) is 0 Å². The van der Waals surface area contributed by atoms with Crippen molar-refractivity contribution in [3.8, 4) is 0 Å². The number of cyclic esters (lactones) is 1. The highest BCUT2D eigenvalue weighted by Gasteiger charge is 2.53. The fourth-order valence-electron chi connectivity index (χ4n) is 3.48. The molecule has 146 valence electrons. The lowest BCUT2D eigenvalue weighted by Crippen LogP contribution is -2.38. The van der Waals surface area contributed by atoms with Gasteiger partial charge in [-0.1, -0.05) is 56.3 Å². The summed E-state index contributed by atoms with van der Waals surface area (Å²) in [6.45, 7) is 3.28. The van der Waals surface area contributed by atoms with Gasteiger partial charge in [-0.3, -0.25) is 10.1 Å². The molecule has 0 spiro atoms. The topological polar surface area (TPSA) is 81.8 Å². The van der Waals surface area contributed by atoms with E-state index < -0.39 is 34.9 Å². The Hall–Kier alpha value is -3.09. The van der Waals surface area contributed by atoms with Crippen molar-refractivity contribution >= 4 is 11.7 Å². The van der Waals surface area contributed by atoms with Gasteiger partial charge in [-0.05, 0) is 30.0 Å². The van der Waals surface area contributed by atoms with Gasteiger partial charge >= 0.3 is 5.97 Å². The predicted molar refractivity (Wildman–Crippen MR) is 102 cm³/mol. The number of carbonyl (C=O) groups is 1. The van der Waals surface area contributed by atoms with Crippen LogP contribution in [0.15, 0.2) is 59.6 Å². The summed E-state index contributed by atoms with van der Waals surface area (Å²) >= 11 is 0. The number of aliphatic imine (C=N–C) groups is 1. The lowest BCUT2D eigenvalue weighted by atomic mass is 9.83. The van der Waals surface area contributed by atoms with Crippen molar-refractivity contribution in [1.82, 2.24) is 0 Å². The molecular formula is C21H21FN2O4. The third-order valence-electron chi connectivity index (χ3n) is 4.65. The van der Waals surface area contributed by atoms with Crippen LogP contribution in [0.4, 0.5) is 4.39 Å². The second-order valence-corrected chi connectivity index (χ2v) is 7.20. The maximum Gasteiger partial charge on any atom is 0.354 e. The van der Waals surface area contributed by atoms with Crippen molar-refractivity contribution in [3.05, 3.63) is 81.7 Å². The molecule has 1 heterocycles. The molecule has 1 aliphatic heterocycles. The molecule has 0 amide bonds. The van der Waals surface area contributed by atoms with Gasteiger partial charge in [0.15, 0.2) is 0 Å². The third kappa shape index (κ3) is 3.78. The Bertz CT molecular complexity index is 914. The molecule has 28 heavy (non-hydrogen) atoms. The molecule has 0 aliphatic carbocycles. The van der Waals surface area contributed by atoms with E-state index >= 15 is 0 Å². The van der Waals surface area contributed by atoms with Gasteiger partial charge in [0.1, 0.15) is 17.4 Å². The summed E-state index contributed by atoms with van der Waals surface area (Å²) in [6, 6.07) is 14.4. The van der Waals surface area contributed by atoms with Crippen LogP contribution in [0.1, 0.15) is 37.3 Å². The molecule has 0 unspecified atom stereocenters. The average molecular weight is 384 g/mol. The van der Waals surface area contributed by atoms with Crippen molar-refractivity contribution in [2.24, 2.45) is 10.9 Å². The number of hydrogen-bond donors (Lipinski definition) is 0.